The van der Waals surface area contributed by atoms with Gasteiger partial charge in [0.1, 0.15) is 0 Å². The first-order valence-electron chi connectivity index (χ1n) is 4.08. The Hall–Kier alpha value is -0.770. The number of nitrogen functional groups attached to an aromatic ring is 1. The van der Waals surface area contributed by atoms with Crippen molar-refractivity contribution in [2.24, 2.45) is 0 Å². The van der Waals surface area contributed by atoms with Gasteiger partial charge >= 0.3 is 11.9 Å². The van der Waals surface area contributed by atoms with Crippen LogP contribution in [-0.2, 0) is 0 Å². The Morgan fingerprint density at radius 3 is 2.11 bits per heavy atom. The molecule has 0 saturated carbocycles. The number of benzene rings is 1. The number of halogens is 7. The molecule has 0 unspecified atom stereocenters. The number of hydrogen-bond donors (Lipinski definition) is 1. The second-order valence-corrected chi connectivity index (χ2v) is 4.93. The molecule has 0 aliphatic carbocycles. The quantitative estimate of drug-likeness (QED) is 0.480. The topological polar surface area (TPSA) is 35.2 Å². The third kappa shape index (κ3) is 4.84. The average molecular weight is 356 g/mol. The van der Waals surface area contributed by atoms with Gasteiger partial charge < -0.3 is 10.5 Å². The van der Waals surface area contributed by atoms with Crippen LogP contribution in [0.3, 0.4) is 0 Å². The van der Waals surface area contributed by atoms with Gasteiger partial charge in [0.25, 0.3) is 0 Å². The number of hydrogen-bond acceptors (Lipinski definition) is 3. The van der Waals surface area contributed by atoms with Crippen LogP contribution in [0.5, 0.6) is 5.75 Å². The van der Waals surface area contributed by atoms with Crippen molar-refractivity contribution < 1.29 is 31.1 Å². The summed E-state index contributed by atoms with van der Waals surface area (Å²) in [5.74, 6) is -0.886. The molecule has 0 aliphatic rings. The smallest absolute Gasteiger partial charge is 0.403 e. The van der Waals surface area contributed by atoms with Gasteiger partial charge in [-0.3, -0.25) is 0 Å². The van der Waals surface area contributed by atoms with Crippen molar-refractivity contribution in [1.82, 2.24) is 0 Å². The fourth-order valence-corrected chi connectivity index (χ4v) is 2.22. The molecule has 0 bridgehead atoms. The first-order chi connectivity index (χ1) is 7.98. The van der Waals surface area contributed by atoms with Crippen molar-refractivity contribution in [3.63, 3.8) is 0 Å². The molecule has 0 fully saturated rings. The molecule has 2 nitrogen and oxygen atoms in total. The zero-order valence-corrected chi connectivity index (χ0v) is 10.6. The number of alkyl halides is 6. The van der Waals surface area contributed by atoms with E-state index in [0.717, 1.165) is 12.1 Å². The summed E-state index contributed by atoms with van der Waals surface area (Å²) in [5.41, 5.74) is -0.187. The van der Waals surface area contributed by atoms with Crippen LogP contribution in [0.2, 0.25) is 0 Å². The molecule has 2 N–H and O–H groups in total. The van der Waals surface area contributed by atoms with E-state index in [9.17, 15) is 26.3 Å². The Bertz CT molecular complexity index is 409. The van der Waals surface area contributed by atoms with E-state index >= 15 is 0 Å². The third-order valence-electron chi connectivity index (χ3n) is 1.52. The predicted octanol–water partition coefficient (Wildman–Crippen LogP) is 4.54. The second-order valence-electron chi connectivity index (χ2n) is 2.91. The summed E-state index contributed by atoms with van der Waals surface area (Å²) in [7, 11) is 0. The SMILES string of the molecule is Nc1c(OC(F)(F)F)cc(Br)cc1SC(F)(F)F. The highest BCUT2D eigenvalue weighted by atomic mass is 79.9. The van der Waals surface area contributed by atoms with Crippen LogP contribution in [0.1, 0.15) is 0 Å². The van der Waals surface area contributed by atoms with Gasteiger partial charge in [-0.25, -0.2) is 0 Å². The summed E-state index contributed by atoms with van der Waals surface area (Å²) in [6, 6.07) is 1.79. The van der Waals surface area contributed by atoms with Crippen molar-refractivity contribution in [2.45, 2.75) is 16.8 Å². The summed E-state index contributed by atoms with van der Waals surface area (Å²) >= 11 is 2.16. The minimum absolute atomic E-state index is 0.0114. The molecule has 0 saturated heterocycles. The summed E-state index contributed by atoms with van der Waals surface area (Å²) in [6.45, 7) is 0. The van der Waals surface area contributed by atoms with Gasteiger partial charge in [0.05, 0.1) is 5.69 Å². The van der Waals surface area contributed by atoms with E-state index in [2.05, 4.69) is 20.7 Å². The minimum Gasteiger partial charge on any atom is -0.403 e. The van der Waals surface area contributed by atoms with E-state index in [1.54, 1.807) is 0 Å². The summed E-state index contributed by atoms with van der Waals surface area (Å²) in [4.78, 5) is -0.573. The van der Waals surface area contributed by atoms with Crippen LogP contribution in [0, 0.1) is 0 Å². The van der Waals surface area contributed by atoms with Gasteiger partial charge in [-0.05, 0) is 23.9 Å². The lowest BCUT2D eigenvalue weighted by atomic mass is 10.3. The lowest BCUT2D eigenvalue weighted by Crippen LogP contribution is -2.18. The van der Waals surface area contributed by atoms with Crippen molar-refractivity contribution in [1.29, 1.82) is 0 Å². The fraction of sp³-hybridized carbons (Fsp3) is 0.250. The molecule has 1 rings (SSSR count). The number of thioether (sulfide) groups is 1. The summed E-state index contributed by atoms with van der Waals surface area (Å²) in [5, 5.41) is 0. The average Bonchev–Trinajstić information content (AvgIpc) is 2.07. The molecule has 10 heteroatoms. The van der Waals surface area contributed by atoms with Crippen molar-refractivity contribution >= 4 is 33.4 Å². The molecule has 1 aromatic rings. The molecular weight excluding hydrogens is 352 g/mol. The highest BCUT2D eigenvalue weighted by molar-refractivity contribution is 9.10. The Kier molecular flexibility index (Phi) is 4.31. The highest BCUT2D eigenvalue weighted by Gasteiger charge is 2.34. The second kappa shape index (κ2) is 5.08. The Morgan fingerprint density at radius 1 is 1.11 bits per heavy atom. The largest absolute Gasteiger partial charge is 0.573 e. The first-order valence-corrected chi connectivity index (χ1v) is 5.69. The van der Waals surface area contributed by atoms with Crippen molar-refractivity contribution in [3.05, 3.63) is 16.6 Å². The monoisotopic (exact) mass is 355 g/mol. The van der Waals surface area contributed by atoms with Gasteiger partial charge in [-0.1, -0.05) is 15.9 Å². The Labute approximate surface area is 110 Å². The van der Waals surface area contributed by atoms with E-state index in [0.29, 0.717) is 0 Å². The van der Waals surface area contributed by atoms with E-state index in [-0.39, 0.29) is 4.47 Å². The van der Waals surface area contributed by atoms with Crippen LogP contribution in [-0.4, -0.2) is 11.9 Å². The number of rotatable bonds is 2. The van der Waals surface area contributed by atoms with Crippen molar-refractivity contribution in [2.75, 3.05) is 5.73 Å². The molecule has 0 amide bonds. The van der Waals surface area contributed by atoms with Crippen LogP contribution in [0.25, 0.3) is 0 Å². The van der Waals surface area contributed by atoms with Crippen molar-refractivity contribution in [3.8, 4) is 5.75 Å². The van der Waals surface area contributed by atoms with Gasteiger partial charge in [0.2, 0.25) is 0 Å². The number of ether oxygens (including phenoxy) is 1. The van der Waals surface area contributed by atoms with Gasteiger partial charge in [-0.15, -0.1) is 13.2 Å². The molecule has 0 radical (unpaired) electrons. The molecule has 0 aliphatic heterocycles. The fourth-order valence-electron chi connectivity index (χ4n) is 0.987. The van der Waals surface area contributed by atoms with E-state index < -0.39 is 40.0 Å². The first kappa shape index (κ1) is 15.3. The standard InChI is InChI=1S/C8H4BrF6NOS/c9-3-1-4(17-7(10,11)12)6(16)5(2-3)18-8(13,14)15/h1-2H,16H2. The highest BCUT2D eigenvalue weighted by Crippen LogP contribution is 2.44. The number of anilines is 1. The lowest BCUT2D eigenvalue weighted by molar-refractivity contribution is -0.274. The lowest BCUT2D eigenvalue weighted by Gasteiger charge is -2.15. The molecular formula is C8H4BrF6NOS. The molecule has 0 aromatic heterocycles. The van der Waals surface area contributed by atoms with E-state index in [4.69, 9.17) is 5.73 Å². The summed E-state index contributed by atoms with van der Waals surface area (Å²) < 4.78 is 76.0. The minimum atomic E-state index is -5.03. The molecule has 18 heavy (non-hydrogen) atoms. The summed E-state index contributed by atoms with van der Waals surface area (Å²) in [6.07, 6.45) is -5.03. The normalized spacial score (nSPS) is 12.6. The molecule has 0 heterocycles. The van der Waals surface area contributed by atoms with Gasteiger partial charge in [-0.2, -0.15) is 13.2 Å². The van der Waals surface area contributed by atoms with E-state index in [1.807, 2.05) is 0 Å². The molecule has 0 spiro atoms. The van der Waals surface area contributed by atoms with Crippen LogP contribution in [0.4, 0.5) is 32.0 Å². The maximum atomic E-state index is 12.2. The number of nitrogens with two attached hydrogens (primary N) is 1. The zero-order chi connectivity index (χ0) is 14.1. The van der Waals surface area contributed by atoms with Crippen LogP contribution < -0.4 is 10.5 Å². The van der Waals surface area contributed by atoms with E-state index in [1.165, 1.54) is 0 Å². The molecule has 0 atom stereocenters. The Morgan fingerprint density at radius 2 is 1.67 bits per heavy atom. The predicted molar refractivity (Wildman–Crippen MR) is 57.1 cm³/mol. The molecule has 1 aromatic carbocycles. The van der Waals surface area contributed by atoms with Gasteiger partial charge in [0.15, 0.2) is 5.75 Å². The zero-order valence-electron chi connectivity index (χ0n) is 8.19. The van der Waals surface area contributed by atoms with Crippen LogP contribution in [0.15, 0.2) is 21.5 Å². The maximum Gasteiger partial charge on any atom is 0.573 e. The Balaban J connectivity index is 3.14. The van der Waals surface area contributed by atoms with Gasteiger partial charge in [0, 0.05) is 9.37 Å². The third-order valence-corrected chi connectivity index (χ3v) is 2.77. The maximum absolute atomic E-state index is 12.2. The van der Waals surface area contributed by atoms with Crippen LogP contribution >= 0.6 is 27.7 Å². The molecule has 102 valence electrons.